The number of aromatic nitrogens is 1. The van der Waals surface area contributed by atoms with Crippen LogP contribution in [0.5, 0.6) is 0 Å². The summed E-state index contributed by atoms with van der Waals surface area (Å²) in [7, 11) is 0. The summed E-state index contributed by atoms with van der Waals surface area (Å²) in [4.78, 5) is 25.9. The van der Waals surface area contributed by atoms with Crippen molar-refractivity contribution < 1.29 is 18.7 Å². The van der Waals surface area contributed by atoms with Crippen LogP contribution in [0.15, 0.2) is 47.4 Å². The summed E-state index contributed by atoms with van der Waals surface area (Å²) in [5.74, 6) is -3.07. The number of carbonyl (C=O) groups is 1. The maximum atomic E-state index is 15.9. The number of anilines is 1. The number of benzene rings is 2. The van der Waals surface area contributed by atoms with Crippen LogP contribution in [-0.4, -0.2) is 35.3 Å². The topological polar surface area (TPSA) is 88.6 Å². The lowest BCUT2D eigenvalue weighted by Crippen LogP contribution is -2.26. The summed E-state index contributed by atoms with van der Waals surface area (Å²) in [6.07, 6.45) is 2.69. The minimum atomic E-state index is -1.41. The Morgan fingerprint density at radius 3 is 2.50 bits per heavy atom. The number of halogens is 2. The number of hydrogen-bond acceptors (Lipinski definition) is 4. The molecule has 2 aromatic carbocycles. The molecule has 32 heavy (non-hydrogen) atoms. The monoisotopic (exact) mass is 439 g/mol. The lowest BCUT2D eigenvalue weighted by molar-refractivity contribution is 0.0694. The zero-order chi connectivity index (χ0) is 22.6. The van der Waals surface area contributed by atoms with Gasteiger partial charge in [0.25, 0.3) is 0 Å². The molecule has 8 heteroatoms. The predicted octanol–water partition coefficient (Wildman–Crippen LogP) is 3.49. The Bertz CT molecular complexity index is 1270. The number of rotatable bonds is 5. The Hall–Kier alpha value is -3.26. The van der Waals surface area contributed by atoms with Crippen molar-refractivity contribution in [3.8, 4) is 0 Å². The van der Waals surface area contributed by atoms with Gasteiger partial charge in [-0.05, 0) is 36.9 Å². The van der Waals surface area contributed by atoms with E-state index >= 15 is 8.78 Å². The molecule has 1 aliphatic carbocycles. The first-order valence-electron chi connectivity index (χ1n) is 10.7. The first kappa shape index (κ1) is 20.6. The van der Waals surface area contributed by atoms with E-state index in [2.05, 4.69) is 0 Å². The smallest absolute Gasteiger partial charge is 0.341 e. The minimum absolute atomic E-state index is 0.0203. The molecule has 2 atom stereocenters. The van der Waals surface area contributed by atoms with Gasteiger partial charge >= 0.3 is 5.97 Å². The molecule has 1 saturated carbocycles. The first-order valence-corrected chi connectivity index (χ1v) is 10.7. The summed E-state index contributed by atoms with van der Waals surface area (Å²) in [5, 5.41) is 9.14. The molecule has 2 fully saturated rings. The molecule has 0 spiro atoms. The Labute approximate surface area is 182 Å². The fourth-order valence-electron chi connectivity index (χ4n) is 4.88. The average Bonchev–Trinajstić information content (AvgIpc) is 3.54. The lowest BCUT2D eigenvalue weighted by Gasteiger charge is -2.22. The molecule has 3 N–H and O–H groups in total. The van der Waals surface area contributed by atoms with Gasteiger partial charge in [0.05, 0.1) is 10.9 Å². The van der Waals surface area contributed by atoms with Crippen molar-refractivity contribution in [1.29, 1.82) is 0 Å². The Kier molecular flexibility index (Phi) is 4.97. The number of nitrogens with zero attached hydrogens (tertiary/aromatic N) is 2. The molecule has 6 nitrogen and oxygen atoms in total. The van der Waals surface area contributed by atoms with Gasteiger partial charge in [-0.25, -0.2) is 13.6 Å². The normalized spacial score (nSPS) is 20.8. The summed E-state index contributed by atoms with van der Waals surface area (Å²) in [5.41, 5.74) is 5.47. The quantitative estimate of drug-likeness (QED) is 0.635. The highest BCUT2D eigenvalue weighted by Crippen LogP contribution is 2.42. The number of aromatic carboxylic acids is 1. The van der Waals surface area contributed by atoms with Crippen LogP contribution in [0.3, 0.4) is 0 Å². The van der Waals surface area contributed by atoms with Gasteiger partial charge in [-0.1, -0.05) is 30.3 Å². The minimum Gasteiger partial charge on any atom is -0.477 e. The van der Waals surface area contributed by atoms with Gasteiger partial charge in [0, 0.05) is 31.2 Å². The fourth-order valence-corrected chi connectivity index (χ4v) is 4.88. The molecule has 3 aromatic rings. The molecule has 0 radical (unpaired) electrons. The number of fused-ring (bicyclic) bond motifs is 1. The van der Waals surface area contributed by atoms with E-state index in [-0.39, 0.29) is 34.5 Å². The van der Waals surface area contributed by atoms with E-state index in [4.69, 9.17) is 5.73 Å². The summed E-state index contributed by atoms with van der Waals surface area (Å²) in [6.45, 7) is 1.16. The van der Waals surface area contributed by atoms with Crippen LogP contribution < -0.4 is 16.1 Å². The van der Waals surface area contributed by atoms with Gasteiger partial charge in [0.15, 0.2) is 5.82 Å². The fraction of sp³-hybridized carbons (Fsp3) is 0.333. The van der Waals surface area contributed by atoms with E-state index in [1.807, 2.05) is 30.3 Å². The number of carboxylic acid groups (broad SMARTS) is 1. The Morgan fingerprint density at radius 2 is 1.88 bits per heavy atom. The van der Waals surface area contributed by atoms with E-state index in [0.717, 1.165) is 24.5 Å². The van der Waals surface area contributed by atoms with Crippen molar-refractivity contribution in [3.05, 3.63) is 75.6 Å². The van der Waals surface area contributed by atoms with Crippen LogP contribution in [0, 0.1) is 17.6 Å². The molecule has 1 aromatic heterocycles. The van der Waals surface area contributed by atoms with Crippen LogP contribution in [0.25, 0.3) is 10.9 Å². The van der Waals surface area contributed by atoms with Gasteiger partial charge in [0.2, 0.25) is 5.43 Å². The Balaban J connectivity index is 1.66. The lowest BCUT2D eigenvalue weighted by atomic mass is 9.89. The van der Waals surface area contributed by atoms with Gasteiger partial charge in [-0.15, -0.1) is 0 Å². The van der Waals surface area contributed by atoms with E-state index in [9.17, 15) is 14.7 Å². The van der Waals surface area contributed by atoms with E-state index < -0.39 is 28.6 Å². The van der Waals surface area contributed by atoms with Crippen molar-refractivity contribution in [1.82, 2.24) is 4.57 Å². The highest BCUT2D eigenvalue weighted by atomic mass is 19.1. The summed E-state index contributed by atoms with van der Waals surface area (Å²) >= 11 is 0. The number of pyridine rings is 1. The molecule has 1 aliphatic heterocycles. The van der Waals surface area contributed by atoms with Gasteiger partial charge in [0.1, 0.15) is 17.1 Å². The van der Waals surface area contributed by atoms with Crippen molar-refractivity contribution in [2.45, 2.75) is 24.8 Å². The molecular formula is C24H23F2N3O3. The third-order valence-electron chi connectivity index (χ3n) is 6.64. The highest BCUT2D eigenvalue weighted by Gasteiger charge is 2.37. The third-order valence-corrected chi connectivity index (χ3v) is 6.64. The van der Waals surface area contributed by atoms with Crippen LogP contribution in [0.4, 0.5) is 14.5 Å². The molecular weight excluding hydrogens is 416 g/mol. The maximum Gasteiger partial charge on any atom is 0.341 e. The van der Waals surface area contributed by atoms with Gasteiger partial charge < -0.3 is 20.3 Å². The summed E-state index contributed by atoms with van der Waals surface area (Å²) < 4.78 is 32.6. The highest BCUT2D eigenvalue weighted by molar-refractivity contribution is 5.94. The second-order valence-corrected chi connectivity index (χ2v) is 8.65. The van der Waals surface area contributed by atoms with Crippen LogP contribution in [-0.2, 0) is 0 Å². The van der Waals surface area contributed by atoms with E-state index in [0.29, 0.717) is 19.6 Å². The SMILES string of the molecule is NC[C@@H]1CN(c2c(F)cc3c(=O)c(C(=O)O)cn(C4CC4)c3c2F)C[C@H]1c1ccccc1. The van der Waals surface area contributed by atoms with Crippen molar-refractivity contribution in [3.63, 3.8) is 0 Å². The van der Waals surface area contributed by atoms with E-state index in [1.165, 1.54) is 10.8 Å². The molecule has 5 rings (SSSR count). The molecule has 0 unspecified atom stereocenters. The molecule has 166 valence electrons. The maximum absolute atomic E-state index is 15.9. The van der Waals surface area contributed by atoms with E-state index in [1.54, 1.807) is 4.90 Å². The van der Waals surface area contributed by atoms with Crippen LogP contribution >= 0.6 is 0 Å². The summed E-state index contributed by atoms with van der Waals surface area (Å²) in [6, 6.07) is 10.6. The third kappa shape index (κ3) is 3.26. The van der Waals surface area contributed by atoms with Crippen molar-refractivity contribution >= 4 is 22.6 Å². The average molecular weight is 439 g/mol. The van der Waals surface area contributed by atoms with Crippen molar-refractivity contribution in [2.75, 3.05) is 24.5 Å². The molecule has 1 saturated heterocycles. The number of nitrogens with two attached hydrogens (primary N) is 1. The van der Waals surface area contributed by atoms with Crippen molar-refractivity contribution in [2.24, 2.45) is 11.7 Å². The molecule has 2 aliphatic rings. The first-order chi connectivity index (χ1) is 15.4. The standard InChI is InChI=1S/C24H23F2N3O3/c25-19-8-16-21(29(15-6-7-15)12-18(23(16)30)24(31)32)20(26)22(19)28-10-14(9-27)17(11-28)13-4-2-1-3-5-13/h1-5,8,12,14-15,17H,6-7,9-11,27H2,(H,31,32)/t14-,17+/m1/s1. The van der Waals surface area contributed by atoms with Gasteiger partial charge in [-0.2, -0.15) is 0 Å². The zero-order valence-electron chi connectivity index (χ0n) is 17.3. The second kappa shape index (κ2) is 7.70. The number of hydrogen-bond donors (Lipinski definition) is 2. The molecule has 0 bridgehead atoms. The molecule has 2 heterocycles. The Morgan fingerprint density at radius 1 is 1.16 bits per heavy atom. The van der Waals surface area contributed by atoms with Crippen LogP contribution in [0.2, 0.25) is 0 Å². The zero-order valence-corrected chi connectivity index (χ0v) is 17.3. The second-order valence-electron chi connectivity index (χ2n) is 8.65. The number of carboxylic acids is 1. The van der Waals surface area contributed by atoms with Crippen LogP contribution in [0.1, 0.15) is 40.7 Å². The largest absolute Gasteiger partial charge is 0.477 e. The molecule has 0 amide bonds. The van der Waals surface area contributed by atoms with Gasteiger partial charge in [-0.3, -0.25) is 4.79 Å². The predicted molar refractivity (Wildman–Crippen MR) is 117 cm³/mol.